The van der Waals surface area contributed by atoms with E-state index in [1.807, 2.05) is 0 Å². The molecule has 5 heteroatoms. The highest BCUT2D eigenvalue weighted by Crippen LogP contribution is 2.20. The van der Waals surface area contributed by atoms with Gasteiger partial charge in [-0.15, -0.1) is 0 Å². The maximum Gasteiger partial charge on any atom is 0.341 e. The van der Waals surface area contributed by atoms with Gasteiger partial charge in [0.2, 0.25) is 0 Å². The highest BCUT2D eigenvalue weighted by Gasteiger charge is 2.17. The van der Waals surface area contributed by atoms with Crippen molar-refractivity contribution in [1.29, 1.82) is 0 Å². The highest BCUT2D eigenvalue weighted by molar-refractivity contribution is 5.88. The molecule has 80 valence electrons. The number of carboxylic acid groups (broad SMARTS) is 1. The van der Waals surface area contributed by atoms with Crippen LogP contribution in [0.25, 0.3) is 0 Å². The number of carboxylic acids is 1. The van der Waals surface area contributed by atoms with Crippen molar-refractivity contribution in [2.75, 3.05) is 6.61 Å². The first kappa shape index (κ1) is 11.2. The molecular weight excluding hydrogens is 206 g/mol. The molecule has 3 nitrogen and oxygen atoms in total. The van der Waals surface area contributed by atoms with Crippen LogP contribution >= 0.6 is 0 Å². The van der Waals surface area contributed by atoms with Gasteiger partial charge in [0, 0.05) is 12.1 Å². The summed E-state index contributed by atoms with van der Waals surface area (Å²) in [6.45, 7) is 3.45. The van der Waals surface area contributed by atoms with Crippen molar-refractivity contribution in [2.24, 2.45) is 0 Å². The van der Waals surface area contributed by atoms with Crippen molar-refractivity contribution in [3.8, 4) is 5.75 Å². The fourth-order valence-corrected chi connectivity index (χ4v) is 0.993. The van der Waals surface area contributed by atoms with Crippen LogP contribution in [0.1, 0.15) is 10.4 Å². The largest absolute Gasteiger partial charge is 0.489 e. The number of ether oxygens (including phenoxy) is 1. The van der Waals surface area contributed by atoms with Crippen molar-refractivity contribution in [3.63, 3.8) is 0 Å². The van der Waals surface area contributed by atoms with Crippen LogP contribution in [-0.4, -0.2) is 17.7 Å². The van der Waals surface area contributed by atoms with Crippen LogP contribution in [0.4, 0.5) is 8.78 Å². The summed E-state index contributed by atoms with van der Waals surface area (Å²) in [6.07, 6.45) is 1.40. The average Bonchev–Trinajstić information content (AvgIpc) is 2.12. The van der Waals surface area contributed by atoms with E-state index < -0.39 is 23.2 Å². The van der Waals surface area contributed by atoms with Gasteiger partial charge in [0.25, 0.3) is 0 Å². The Morgan fingerprint density at radius 1 is 1.47 bits per heavy atom. The van der Waals surface area contributed by atoms with Crippen molar-refractivity contribution in [3.05, 3.63) is 42.0 Å². The second-order valence-electron chi connectivity index (χ2n) is 2.67. The molecule has 0 fully saturated rings. The van der Waals surface area contributed by atoms with Crippen LogP contribution in [0.5, 0.6) is 5.75 Å². The molecule has 0 saturated heterocycles. The highest BCUT2D eigenvalue weighted by atomic mass is 19.1. The summed E-state index contributed by atoms with van der Waals surface area (Å²) in [6, 6.07) is 1.63. The Kier molecular flexibility index (Phi) is 3.38. The molecule has 0 aliphatic rings. The minimum absolute atomic E-state index is 0.0742. The van der Waals surface area contributed by atoms with Gasteiger partial charge in [-0.2, -0.15) is 0 Å². The second-order valence-corrected chi connectivity index (χ2v) is 2.67. The quantitative estimate of drug-likeness (QED) is 0.781. The number of halogens is 2. The van der Waals surface area contributed by atoms with Crippen LogP contribution in [0, 0.1) is 11.6 Å². The predicted octanol–water partition coefficient (Wildman–Crippen LogP) is 2.23. The standard InChI is InChI=1S/C10H8F2O3/c1-2-3-15-6-4-7(11)9(10(13)14)8(12)5-6/h2,4-5H,1,3H2,(H,13,14). The number of carbonyl (C=O) groups is 1. The first-order valence-electron chi connectivity index (χ1n) is 4.02. The Labute approximate surface area is 84.6 Å². The number of aromatic carboxylic acids is 1. The second kappa shape index (κ2) is 4.54. The van der Waals surface area contributed by atoms with E-state index in [9.17, 15) is 13.6 Å². The molecule has 1 N–H and O–H groups in total. The molecule has 0 aromatic heterocycles. The fourth-order valence-electron chi connectivity index (χ4n) is 0.993. The van der Waals surface area contributed by atoms with Crippen molar-refractivity contribution < 1.29 is 23.4 Å². The van der Waals surface area contributed by atoms with Gasteiger partial charge in [-0.05, 0) is 0 Å². The Balaban J connectivity index is 3.07. The van der Waals surface area contributed by atoms with Crippen LogP contribution in [0.2, 0.25) is 0 Å². The maximum atomic E-state index is 13.1. The molecule has 0 atom stereocenters. The summed E-state index contributed by atoms with van der Waals surface area (Å²) in [7, 11) is 0. The smallest absolute Gasteiger partial charge is 0.341 e. The molecule has 0 bridgehead atoms. The van der Waals surface area contributed by atoms with E-state index in [4.69, 9.17) is 9.84 Å². The van der Waals surface area contributed by atoms with Crippen molar-refractivity contribution in [1.82, 2.24) is 0 Å². The normalized spacial score (nSPS) is 9.73. The molecular formula is C10H8F2O3. The molecule has 0 aliphatic heterocycles. The van der Waals surface area contributed by atoms with Crippen LogP contribution < -0.4 is 4.74 Å². The zero-order valence-electron chi connectivity index (χ0n) is 7.67. The summed E-state index contributed by atoms with van der Waals surface area (Å²) in [5, 5.41) is 8.48. The zero-order chi connectivity index (χ0) is 11.4. The third-order valence-corrected chi connectivity index (χ3v) is 1.60. The molecule has 1 aromatic rings. The molecule has 0 amide bonds. The summed E-state index contributed by atoms with van der Waals surface area (Å²) >= 11 is 0. The first-order chi connectivity index (χ1) is 7.06. The van der Waals surface area contributed by atoms with Crippen molar-refractivity contribution in [2.45, 2.75) is 0 Å². The summed E-state index contributed by atoms with van der Waals surface area (Å²) < 4.78 is 31.0. The lowest BCUT2D eigenvalue weighted by Gasteiger charge is -2.05. The van der Waals surface area contributed by atoms with E-state index in [0.29, 0.717) is 0 Å². The van der Waals surface area contributed by atoms with E-state index in [1.165, 1.54) is 6.08 Å². The van der Waals surface area contributed by atoms with Gasteiger partial charge in [0.1, 0.15) is 29.6 Å². The minimum Gasteiger partial charge on any atom is -0.489 e. The lowest BCUT2D eigenvalue weighted by Crippen LogP contribution is -2.05. The van der Waals surface area contributed by atoms with Gasteiger partial charge < -0.3 is 9.84 Å². The van der Waals surface area contributed by atoms with Gasteiger partial charge in [-0.1, -0.05) is 12.7 Å². The Hall–Kier alpha value is -1.91. The van der Waals surface area contributed by atoms with Crippen LogP contribution in [-0.2, 0) is 0 Å². The molecule has 0 unspecified atom stereocenters. The number of benzene rings is 1. The molecule has 1 rings (SSSR count). The molecule has 0 saturated carbocycles. The first-order valence-corrected chi connectivity index (χ1v) is 4.02. The molecule has 0 radical (unpaired) electrons. The van der Waals surface area contributed by atoms with E-state index in [-0.39, 0.29) is 12.4 Å². The average molecular weight is 214 g/mol. The summed E-state index contributed by atoms with van der Waals surface area (Å²) in [5.41, 5.74) is -0.985. The van der Waals surface area contributed by atoms with E-state index in [1.54, 1.807) is 0 Å². The van der Waals surface area contributed by atoms with Gasteiger partial charge in [-0.3, -0.25) is 0 Å². The number of rotatable bonds is 4. The molecule has 0 heterocycles. The Morgan fingerprint density at radius 3 is 2.40 bits per heavy atom. The van der Waals surface area contributed by atoms with E-state index >= 15 is 0 Å². The monoisotopic (exact) mass is 214 g/mol. The summed E-state index contributed by atoms with van der Waals surface area (Å²) in [5.74, 6) is -4.06. The van der Waals surface area contributed by atoms with E-state index in [0.717, 1.165) is 12.1 Å². The Bertz CT molecular complexity index is 379. The lowest BCUT2D eigenvalue weighted by molar-refractivity contribution is 0.0686. The van der Waals surface area contributed by atoms with Crippen LogP contribution in [0.15, 0.2) is 24.8 Å². The third kappa shape index (κ3) is 2.52. The Morgan fingerprint density at radius 2 is 2.00 bits per heavy atom. The molecule has 15 heavy (non-hydrogen) atoms. The third-order valence-electron chi connectivity index (χ3n) is 1.60. The van der Waals surface area contributed by atoms with Crippen LogP contribution in [0.3, 0.4) is 0 Å². The topological polar surface area (TPSA) is 46.5 Å². The van der Waals surface area contributed by atoms with Gasteiger partial charge in [0.05, 0.1) is 0 Å². The number of hydrogen-bond donors (Lipinski definition) is 1. The van der Waals surface area contributed by atoms with Crippen molar-refractivity contribution >= 4 is 5.97 Å². The SMILES string of the molecule is C=CCOc1cc(F)c(C(=O)O)c(F)c1. The number of hydrogen-bond acceptors (Lipinski definition) is 2. The maximum absolute atomic E-state index is 13.1. The molecule has 0 aliphatic carbocycles. The minimum atomic E-state index is -1.65. The molecule has 0 spiro atoms. The van der Waals surface area contributed by atoms with Gasteiger partial charge in [-0.25, -0.2) is 13.6 Å². The summed E-state index contributed by atoms with van der Waals surface area (Å²) in [4.78, 5) is 10.4. The predicted molar refractivity (Wildman–Crippen MR) is 49.0 cm³/mol. The molecule has 1 aromatic carbocycles. The van der Waals surface area contributed by atoms with E-state index in [2.05, 4.69) is 6.58 Å². The fraction of sp³-hybridized carbons (Fsp3) is 0.100. The van der Waals surface area contributed by atoms with Gasteiger partial charge in [0.15, 0.2) is 0 Å². The lowest BCUT2D eigenvalue weighted by atomic mass is 10.2. The zero-order valence-corrected chi connectivity index (χ0v) is 7.67. The van der Waals surface area contributed by atoms with Gasteiger partial charge >= 0.3 is 5.97 Å².